The molecule has 1 heterocycles. The summed E-state index contributed by atoms with van der Waals surface area (Å²) in [5, 5.41) is 10.6. The highest BCUT2D eigenvalue weighted by Crippen LogP contribution is 2.36. The third-order valence-electron chi connectivity index (χ3n) is 4.68. The first-order valence-electron chi connectivity index (χ1n) is 8.81. The zero-order valence-electron chi connectivity index (χ0n) is 15.6. The number of rotatable bonds is 6. The van der Waals surface area contributed by atoms with E-state index in [1.165, 1.54) is 16.8 Å². The number of fused-ring (bicyclic) bond motifs is 1. The van der Waals surface area contributed by atoms with E-state index in [-0.39, 0.29) is 5.41 Å². The second-order valence-corrected chi connectivity index (χ2v) is 7.58. The molecule has 1 aromatic heterocycles. The van der Waals surface area contributed by atoms with Gasteiger partial charge >= 0.3 is 5.97 Å². The van der Waals surface area contributed by atoms with Crippen LogP contribution < -0.4 is 5.73 Å². The van der Waals surface area contributed by atoms with Gasteiger partial charge in [-0.25, -0.2) is 4.79 Å². The molecule has 0 unspecified atom stereocenters. The van der Waals surface area contributed by atoms with Crippen LogP contribution in [0.25, 0.3) is 10.9 Å². The second-order valence-electron chi connectivity index (χ2n) is 7.58. The maximum Gasteiger partial charge on any atom is 0.335 e. The fraction of sp³-hybridized carbons (Fsp3) is 0.550. The lowest BCUT2D eigenvalue weighted by molar-refractivity contribution is 0.0697. The van der Waals surface area contributed by atoms with Gasteiger partial charge in [0.15, 0.2) is 0 Å². The van der Waals surface area contributed by atoms with Crippen molar-refractivity contribution in [2.75, 3.05) is 6.54 Å². The third-order valence-corrected chi connectivity index (χ3v) is 4.68. The highest BCUT2D eigenvalue weighted by Gasteiger charge is 2.25. The van der Waals surface area contributed by atoms with Crippen molar-refractivity contribution in [1.82, 2.24) is 4.57 Å². The van der Waals surface area contributed by atoms with Gasteiger partial charge in [0.25, 0.3) is 0 Å². The van der Waals surface area contributed by atoms with Crippen LogP contribution >= 0.6 is 0 Å². The number of carbonyl (C=O) groups is 1. The Hall–Kier alpha value is -1.81. The smallest absolute Gasteiger partial charge is 0.335 e. The largest absolute Gasteiger partial charge is 0.478 e. The maximum atomic E-state index is 11.6. The Morgan fingerprint density at radius 3 is 2.46 bits per heavy atom. The molecule has 3 N–H and O–H groups in total. The standard InChI is InChI=1S/C20H30N2O2/c1-6-10-22-13(2)15(8-7-9-21)16-11-14(19(23)24)12-17(18(16)22)20(3,4)5/h11-12H,6-10,21H2,1-5H3,(H,23,24). The average molecular weight is 330 g/mol. The minimum atomic E-state index is -0.868. The lowest BCUT2D eigenvalue weighted by Crippen LogP contribution is -2.15. The molecule has 0 atom stereocenters. The maximum absolute atomic E-state index is 11.6. The van der Waals surface area contributed by atoms with Crippen molar-refractivity contribution in [1.29, 1.82) is 0 Å². The summed E-state index contributed by atoms with van der Waals surface area (Å²) in [5.74, 6) is -0.868. The SMILES string of the molecule is CCCn1c(C)c(CCCN)c2cc(C(=O)O)cc(C(C)(C)C)c21. The summed E-state index contributed by atoms with van der Waals surface area (Å²) in [6, 6.07) is 3.70. The molecule has 0 aliphatic carbocycles. The highest BCUT2D eigenvalue weighted by atomic mass is 16.4. The number of hydrogen-bond donors (Lipinski definition) is 2. The van der Waals surface area contributed by atoms with E-state index < -0.39 is 5.97 Å². The zero-order valence-corrected chi connectivity index (χ0v) is 15.6. The van der Waals surface area contributed by atoms with Crippen molar-refractivity contribution >= 4 is 16.9 Å². The number of aromatic nitrogens is 1. The number of benzene rings is 1. The van der Waals surface area contributed by atoms with Crippen LogP contribution in [0.5, 0.6) is 0 Å². The van der Waals surface area contributed by atoms with Crippen molar-refractivity contribution in [2.45, 2.75) is 65.8 Å². The Balaban J connectivity index is 2.90. The molecule has 1 aromatic carbocycles. The predicted molar refractivity (Wildman–Crippen MR) is 100 cm³/mol. The van der Waals surface area contributed by atoms with E-state index >= 15 is 0 Å². The molecule has 4 heteroatoms. The molecule has 0 saturated carbocycles. The molecular weight excluding hydrogens is 300 g/mol. The van der Waals surface area contributed by atoms with E-state index in [4.69, 9.17) is 5.73 Å². The summed E-state index contributed by atoms with van der Waals surface area (Å²) in [5.41, 5.74) is 10.8. The van der Waals surface area contributed by atoms with E-state index in [1.807, 2.05) is 12.1 Å². The lowest BCUT2D eigenvalue weighted by atomic mass is 9.84. The van der Waals surface area contributed by atoms with Gasteiger partial charge in [-0.3, -0.25) is 0 Å². The van der Waals surface area contributed by atoms with Crippen molar-refractivity contribution in [2.24, 2.45) is 5.73 Å². The molecule has 0 fully saturated rings. The Bertz CT molecular complexity index is 751. The van der Waals surface area contributed by atoms with E-state index in [9.17, 15) is 9.90 Å². The Morgan fingerprint density at radius 1 is 1.29 bits per heavy atom. The molecule has 0 aliphatic rings. The number of nitrogens with two attached hydrogens (primary N) is 1. The Labute approximate surface area is 144 Å². The summed E-state index contributed by atoms with van der Waals surface area (Å²) in [4.78, 5) is 11.6. The highest BCUT2D eigenvalue weighted by molar-refractivity contribution is 5.97. The molecule has 0 saturated heterocycles. The monoisotopic (exact) mass is 330 g/mol. The quantitative estimate of drug-likeness (QED) is 0.832. The lowest BCUT2D eigenvalue weighted by Gasteiger charge is -2.23. The third kappa shape index (κ3) is 3.34. The molecular formula is C20H30N2O2. The molecule has 0 bridgehead atoms. The van der Waals surface area contributed by atoms with Crippen molar-refractivity contribution in [3.8, 4) is 0 Å². The van der Waals surface area contributed by atoms with Gasteiger partial charge in [-0.2, -0.15) is 0 Å². The molecule has 4 nitrogen and oxygen atoms in total. The summed E-state index contributed by atoms with van der Waals surface area (Å²) < 4.78 is 2.37. The Kier molecular flexibility index (Phi) is 5.38. The number of carboxylic acid groups (broad SMARTS) is 1. The van der Waals surface area contributed by atoms with Crippen LogP contribution in [0.4, 0.5) is 0 Å². The normalized spacial score (nSPS) is 12.1. The molecule has 0 radical (unpaired) electrons. The van der Waals surface area contributed by atoms with Crippen LogP contribution in [0.3, 0.4) is 0 Å². The number of carboxylic acids is 1. The van der Waals surface area contributed by atoms with Crippen molar-refractivity contribution < 1.29 is 9.90 Å². The van der Waals surface area contributed by atoms with Gasteiger partial charge in [0.2, 0.25) is 0 Å². The minimum Gasteiger partial charge on any atom is -0.478 e. The topological polar surface area (TPSA) is 68.2 Å². The molecule has 0 spiro atoms. The molecule has 24 heavy (non-hydrogen) atoms. The first kappa shape index (κ1) is 18.5. The van der Waals surface area contributed by atoms with Crippen LogP contribution in [0.1, 0.15) is 67.7 Å². The van der Waals surface area contributed by atoms with Crippen LogP contribution in [0.2, 0.25) is 0 Å². The molecule has 2 rings (SSSR count). The van der Waals surface area contributed by atoms with Crippen LogP contribution in [-0.2, 0) is 18.4 Å². The van der Waals surface area contributed by atoms with E-state index in [0.29, 0.717) is 12.1 Å². The molecule has 2 aromatic rings. The van der Waals surface area contributed by atoms with Crippen LogP contribution in [0.15, 0.2) is 12.1 Å². The van der Waals surface area contributed by atoms with Gasteiger partial charge in [-0.15, -0.1) is 0 Å². The summed E-state index contributed by atoms with van der Waals surface area (Å²) in [6.45, 7) is 12.3. The average Bonchev–Trinajstić information content (AvgIpc) is 2.76. The molecule has 0 amide bonds. The fourth-order valence-electron chi connectivity index (χ4n) is 3.47. The fourth-order valence-corrected chi connectivity index (χ4v) is 3.47. The minimum absolute atomic E-state index is 0.120. The number of hydrogen-bond acceptors (Lipinski definition) is 2. The van der Waals surface area contributed by atoms with Gasteiger partial charge in [0.1, 0.15) is 0 Å². The molecule has 132 valence electrons. The van der Waals surface area contributed by atoms with Gasteiger partial charge in [0, 0.05) is 17.6 Å². The van der Waals surface area contributed by atoms with E-state index in [1.54, 1.807) is 0 Å². The predicted octanol–water partition coefficient (Wildman–Crippen LogP) is 4.25. The van der Waals surface area contributed by atoms with Crippen molar-refractivity contribution in [3.05, 3.63) is 34.5 Å². The van der Waals surface area contributed by atoms with Gasteiger partial charge in [0.05, 0.1) is 11.1 Å². The van der Waals surface area contributed by atoms with E-state index in [0.717, 1.165) is 36.8 Å². The first-order valence-corrected chi connectivity index (χ1v) is 8.81. The Morgan fingerprint density at radius 2 is 1.96 bits per heavy atom. The summed E-state index contributed by atoms with van der Waals surface area (Å²) in [6.07, 6.45) is 2.85. The zero-order chi connectivity index (χ0) is 18.1. The second kappa shape index (κ2) is 6.98. The van der Waals surface area contributed by atoms with Gasteiger partial charge in [-0.05, 0) is 61.4 Å². The molecule has 0 aliphatic heterocycles. The van der Waals surface area contributed by atoms with Gasteiger partial charge in [-0.1, -0.05) is 27.7 Å². The van der Waals surface area contributed by atoms with E-state index in [2.05, 4.69) is 39.2 Å². The number of nitrogens with zero attached hydrogens (tertiary/aromatic N) is 1. The van der Waals surface area contributed by atoms with Gasteiger partial charge < -0.3 is 15.4 Å². The summed E-state index contributed by atoms with van der Waals surface area (Å²) in [7, 11) is 0. The van der Waals surface area contributed by atoms with Crippen LogP contribution in [0, 0.1) is 6.92 Å². The first-order chi connectivity index (χ1) is 11.2. The summed E-state index contributed by atoms with van der Waals surface area (Å²) >= 11 is 0. The number of aryl methyl sites for hydroxylation is 2. The van der Waals surface area contributed by atoms with Crippen molar-refractivity contribution in [3.63, 3.8) is 0 Å². The number of aromatic carboxylic acids is 1. The van der Waals surface area contributed by atoms with Crippen LogP contribution in [-0.4, -0.2) is 22.2 Å².